The van der Waals surface area contributed by atoms with Gasteiger partial charge in [-0.1, -0.05) is 37.6 Å². The van der Waals surface area contributed by atoms with E-state index >= 15 is 0 Å². The number of allylic oxidation sites excluding steroid dienone is 3. The molecule has 0 saturated heterocycles. The molecule has 0 spiro atoms. The van der Waals surface area contributed by atoms with Crippen LogP contribution in [0.25, 0.3) is 0 Å². The van der Waals surface area contributed by atoms with Crippen LogP contribution in [0, 0.1) is 0 Å². The summed E-state index contributed by atoms with van der Waals surface area (Å²) in [5.41, 5.74) is 1.50. The second kappa shape index (κ2) is 8.75. The monoisotopic (exact) mass is 293 g/mol. The van der Waals surface area contributed by atoms with Gasteiger partial charge in [0.1, 0.15) is 0 Å². The van der Waals surface area contributed by atoms with E-state index in [1.807, 2.05) is 13.8 Å². The van der Waals surface area contributed by atoms with Crippen molar-refractivity contribution in [2.75, 3.05) is 13.6 Å². The first-order valence-electron chi connectivity index (χ1n) is 5.01. The van der Waals surface area contributed by atoms with Gasteiger partial charge in [-0.05, 0) is 26.3 Å². The maximum Gasteiger partial charge on any atom is 0.0198 e. The van der Waals surface area contributed by atoms with E-state index in [2.05, 4.69) is 51.3 Å². The van der Waals surface area contributed by atoms with E-state index in [0.29, 0.717) is 0 Å². The van der Waals surface area contributed by atoms with Crippen LogP contribution in [0.2, 0.25) is 0 Å². The zero-order chi connectivity index (χ0) is 10.1. The smallest absolute Gasteiger partial charge is 0.0198 e. The van der Waals surface area contributed by atoms with Crippen LogP contribution >= 0.6 is 22.9 Å². The van der Waals surface area contributed by atoms with Gasteiger partial charge < -0.3 is 0 Å². The van der Waals surface area contributed by atoms with Gasteiger partial charge in [0.05, 0.1) is 0 Å². The molecule has 76 valence electrons. The minimum Gasteiger partial charge on any atom is -0.250 e. The molecule has 0 saturated carbocycles. The normalized spacial score (nSPS) is 15.0. The molecule has 0 aromatic heterocycles. The highest BCUT2D eigenvalue weighted by atomic mass is 127. The van der Waals surface area contributed by atoms with Crippen molar-refractivity contribution in [3.05, 3.63) is 23.8 Å². The average Bonchev–Trinajstić information content (AvgIpc) is 2.19. The van der Waals surface area contributed by atoms with E-state index in [1.165, 1.54) is 24.8 Å². The summed E-state index contributed by atoms with van der Waals surface area (Å²) < 4.78 is 2.20. The van der Waals surface area contributed by atoms with Crippen molar-refractivity contribution >= 4 is 22.9 Å². The fraction of sp³-hybridized carbons (Fsp3) is 0.636. The van der Waals surface area contributed by atoms with Gasteiger partial charge in [0, 0.05) is 29.4 Å². The van der Waals surface area contributed by atoms with Crippen LogP contribution in [-0.2, 0) is 0 Å². The summed E-state index contributed by atoms with van der Waals surface area (Å²) in [4.78, 5) is 0. The molecule has 0 radical (unpaired) electrons. The molecule has 0 fully saturated rings. The molecule has 0 N–H and O–H groups in total. The summed E-state index contributed by atoms with van der Waals surface area (Å²) in [6.45, 7) is 5.15. The molecule has 0 bridgehead atoms. The quantitative estimate of drug-likeness (QED) is 0.562. The fourth-order valence-electron chi connectivity index (χ4n) is 1.14. The van der Waals surface area contributed by atoms with E-state index in [1.54, 1.807) is 0 Å². The molecule has 0 aromatic rings. The van der Waals surface area contributed by atoms with Gasteiger partial charge in [0.15, 0.2) is 0 Å². The van der Waals surface area contributed by atoms with Crippen LogP contribution in [0.5, 0.6) is 0 Å². The highest BCUT2D eigenvalue weighted by Gasteiger charge is 1.98. The Labute approximate surface area is 96.4 Å². The van der Waals surface area contributed by atoms with Gasteiger partial charge in [0.25, 0.3) is 0 Å². The lowest BCUT2D eigenvalue weighted by Crippen LogP contribution is -2.06. The van der Waals surface area contributed by atoms with E-state index in [0.717, 1.165) is 6.54 Å². The molecule has 1 nitrogen and oxygen atoms in total. The molecule has 1 aliphatic carbocycles. The second-order valence-electron chi connectivity index (χ2n) is 2.84. The van der Waals surface area contributed by atoms with E-state index in [9.17, 15) is 0 Å². The molecular weight excluding hydrogens is 273 g/mol. The van der Waals surface area contributed by atoms with Crippen LogP contribution < -0.4 is 0 Å². The first-order chi connectivity index (χ1) is 6.29. The molecule has 0 heterocycles. The molecule has 0 unspecified atom stereocenters. The van der Waals surface area contributed by atoms with Crippen LogP contribution in [0.15, 0.2) is 23.8 Å². The predicted molar refractivity (Wildman–Crippen MR) is 69.1 cm³/mol. The third-order valence-corrected chi connectivity index (χ3v) is 2.26. The van der Waals surface area contributed by atoms with E-state index < -0.39 is 0 Å². The van der Waals surface area contributed by atoms with Crippen molar-refractivity contribution in [1.82, 2.24) is 3.11 Å². The average molecular weight is 293 g/mol. The zero-order valence-corrected chi connectivity index (χ0v) is 11.0. The standard InChI is InChI=1S/C9H14IN.C2H6/c1-11(10)8-7-9-5-3-2-4-6-9;1-2/h3,5-6H,2,4,7-8H2,1H3;1-2H3. The SMILES string of the molecule is CC.CN(I)CCC1=CCCC=C1. The van der Waals surface area contributed by atoms with Crippen LogP contribution in [0.1, 0.15) is 33.1 Å². The number of halogens is 1. The van der Waals surface area contributed by atoms with Gasteiger partial charge in [-0.25, -0.2) is 0 Å². The number of hydrogen-bond acceptors (Lipinski definition) is 1. The lowest BCUT2D eigenvalue weighted by Gasteiger charge is -2.09. The summed E-state index contributed by atoms with van der Waals surface area (Å²) in [5.74, 6) is 0. The first kappa shape index (κ1) is 13.2. The molecular formula is C11H20IN. The highest BCUT2D eigenvalue weighted by molar-refractivity contribution is 14.1. The lowest BCUT2D eigenvalue weighted by molar-refractivity contribution is 0.611. The van der Waals surface area contributed by atoms with Gasteiger partial charge in [0.2, 0.25) is 0 Å². The van der Waals surface area contributed by atoms with Crippen molar-refractivity contribution in [1.29, 1.82) is 0 Å². The largest absolute Gasteiger partial charge is 0.250 e. The molecule has 0 aromatic carbocycles. The molecule has 0 atom stereocenters. The summed E-state index contributed by atoms with van der Waals surface area (Å²) in [5, 5.41) is 0. The zero-order valence-electron chi connectivity index (χ0n) is 8.89. The Balaban J connectivity index is 0.000000671. The number of rotatable bonds is 3. The van der Waals surface area contributed by atoms with Crippen molar-refractivity contribution in [2.45, 2.75) is 33.1 Å². The highest BCUT2D eigenvalue weighted by Crippen LogP contribution is 2.13. The van der Waals surface area contributed by atoms with Crippen molar-refractivity contribution < 1.29 is 0 Å². The van der Waals surface area contributed by atoms with E-state index in [4.69, 9.17) is 0 Å². The predicted octanol–water partition coefficient (Wildman–Crippen LogP) is 3.96. The molecule has 1 aliphatic rings. The topological polar surface area (TPSA) is 3.24 Å². The summed E-state index contributed by atoms with van der Waals surface area (Å²) in [7, 11) is 2.10. The molecule has 0 amide bonds. The minimum atomic E-state index is 1.15. The van der Waals surface area contributed by atoms with Crippen molar-refractivity contribution in [3.8, 4) is 0 Å². The Morgan fingerprint density at radius 3 is 2.54 bits per heavy atom. The number of hydrogen-bond donors (Lipinski definition) is 0. The molecule has 1 rings (SSSR count). The van der Waals surface area contributed by atoms with Gasteiger partial charge in [-0.3, -0.25) is 3.11 Å². The summed E-state index contributed by atoms with van der Waals surface area (Å²) in [6, 6.07) is 0. The van der Waals surface area contributed by atoms with Crippen LogP contribution in [0.4, 0.5) is 0 Å². The maximum absolute atomic E-state index is 2.35. The third kappa shape index (κ3) is 7.26. The minimum absolute atomic E-state index is 1.15. The van der Waals surface area contributed by atoms with E-state index in [-0.39, 0.29) is 0 Å². The first-order valence-corrected chi connectivity index (χ1v) is 5.98. The molecule has 2 heteroatoms. The van der Waals surface area contributed by atoms with Crippen molar-refractivity contribution in [2.24, 2.45) is 0 Å². The summed E-state index contributed by atoms with van der Waals surface area (Å²) >= 11 is 2.32. The number of nitrogens with zero attached hydrogens (tertiary/aromatic N) is 1. The van der Waals surface area contributed by atoms with Gasteiger partial charge in [-0.15, -0.1) is 0 Å². The summed E-state index contributed by atoms with van der Waals surface area (Å²) in [6.07, 6.45) is 10.5. The Morgan fingerprint density at radius 2 is 2.08 bits per heavy atom. The van der Waals surface area contributed by atoms with Crippen LogP contribution in [-0.4, -0.2) is 16.7 Å². The van der Waals surface area contributed by atoms with Gasteiger partial charge in [-0.2, -0.15) is 0 Å². The maximum atomic E-state index is 2.35. The van der Waals surface area contributed by atoms with Gasteiger partial charge >= 0.3 is 0 Å². The Hall–Kier alpha value is 0.170. The Morgan fingerprint density at radius 1 is 1.38 bits per heavy atom. The fourth-order valence-corrected chi connectivity index (χ4v) is 1.38. The van der Waals surface area contributed by atoms with Crippen LogP contribution in [0.3, 0.4) is 0 Å². The molecule has 0 aliphatic heterocycles. The van der Waals surface area contributed by atoms with Crippen molar-refractivity contribution in [3.63, 3.8) is 0 Å². The molecule has 13 heavy (non-hydrogen) atoms. The second-order valence-corrected chi connectivity index (χ2v) is 4.48. The Kier molecular flexibility index (Phi) is 8.87. The third-order valence-electron chi connectivity index (χ3n) is 1.78. The Bertz CT molecular complexity index is 171. The lowest BCUT2D eigenvalue weighted by atomic mass is 10.0.